The van der Waals surface area contributed by atoms with Gasteiger partial charge in [-0.2, -0.15) is 0 Å². The molecule has 0 radical (unpaired) electrons. The lowest BCUT2D eigenvalue weighted by molar-refractivity contribution is 0.100. The highest BCUT2D eigenvalue weighted by atomic mass is 16.5. The van der Waals surface area contributed by atoms with Crippen molar-refractivity contribution in [1.82, 2.24) is 5.32 Å². The summed E-state index contributed by atoms with van der Waals surface area (Å²) in [5.41, 5.74) is 1.25. The maximum absolute atomic E-state index is 5.70. The van der Waals surface area contributed by atoms with Gasteiger partial charge in [0.1, 0.15) is 18.1 Å². The van der Waals surface area contributed by atoms with Crippen LogP contribution in [0.4, 0.5) is 0 Å². The van der Waals surface area contributed by atoms with Gasteiger partial charge in [-0.1, -0.05) is 19.8 Å². The number of aryl methyl sites for hydroxylation is 1. The Kier molecular flexibility index (Phi) is 5.26. The van der Waals surface area contributed by atoms with E-state index < -0.39 is 0 Å². The van der Waals surface area contributed by atoms with E-state index in [-0.39, 0.29) is 0 Å². The Morgan fingerprint density at radius 1 is 1.44 bits per heavy atom. The van der Waals surface area contributed by atoms with Crippen LogP contribution in [0.25, 0.3) is 0 Å². The van der Waals surface area contributed by atoms with Crippen LogP contribution < -0.4 is 5.32 Å². The van der Waals surface area contributed by atoms with Crippen molar-refractivity contribution in [2.45, 2.75) is 52.7 Å². The lowest BCUT2D eigenvalue weighted by Gasteiger charge is -2.00. The molecule has 18 heavy (non-hydrogen) atoms. The van der Waals surface area contributed by atoms with Crippen molar-refractivity contribution in [2.75, 3.05) is 13.2 Å². The Hall–Kier alpha value is -0.800. The molecule has 0 aromatic carbocycles. The van der Waals surface area contributed by atoms with E-state index in [1.807, 2.05) is 6.92 Å². The molecule has 0 saturated heterocycles. The molecule has 1 aromatic rings. The van der Waals surface area contributed by atoms with Crippen LogP contribution in [0.1, 0.15) is 49.7 Å². The van der Waals surface area contributed by atoms with Crippen molar-refractivity contribution < 1.29 is 9.15 Å². The number of furan rings is 1. The first-order chi connectivity index (χ1) is 8.79. The highest BCUT2D eigenvalue weighted by molar-refractivity contribution is 5.20. The summed E-state index contributed by atoms with van der Waals surface area (Å²) < 4.78 is 11.4. The molecule has 0 amide bonds. The zero-order valence-corrected chi connectivity index (χ0v) is 11.6. The molecular formula is C15H25NO2. The fourth-order valence-electron chi connectivity index (χ4n) is 2.06. The van der Waals surface area contributed by atoms with Crippen LogP contribution in [0.15, 0.2) is 10.5 Å². The molecule has 0 atom stereocenters. The summed E-state index contributed by atoms with van der Waals surface area (Å²) in [6.45, 7) is 7.63. The Labute approximate surface area is 110 Å². The van der Waals surface area contributed by atoms with Crippen LogP contribution in [0, 0.1) is 12.8 Å². The third-order valence-electron chi connectivity index (χ3n) is 3.43. The van der Waals surface area contributed by atoms with E-state index >= 15 is 0 Å². The Morgan fingerprint density at radius 3 is 3.00 bits per heavy atom. The van der Waals surface area contributed by atoms with E-state index in [1.165, 1.54) is 24.8 Å². The average molecular weight is 251 g/mol. The van der Waals surface area contributed by atoms with Crippen molar-refractivity contribution in [2.24, 2.45) is 5.92 Å². The Morgan fingerprint density at radius 2 is 2.28 bits per heavy atom. The van der Waals surface area contributed by atoms with Crippen LogP contribution in [-0.2, 0) is 17.9 Å². The molecule has 0 spiro atoms. The van der Waals surface area contributed by atoms with Crippen molar-refractivity contribution in [3.63, 3.8) is 0 Å². The molecule has 1 N–H and O–H groups in total. The van der Waals surface area contributed by atoms with E-state index in [9.17, 15) is 0 Å². The largest absolute Gasteiger partial charge is 0.464 e. The van der Waals surface area contributed by atoms with Gasteiger partial charge in [0.25, 0.3) is 0 Å². The average Bonchev–Trinajstić information content (AvgIpc) is 3.11. The summed E-state index contributed by atoms with van der Waals surface area (Å²) in [7, 11) is 0. The molecule has 1 aliphatic rings. The van der Waals surface area contributed by atoms with Crippen molar-refractivity contribution in [3.8, 4) is 0 Å². The standard InChI is InChI=1S/C15H25NO2/c1-3-7-16-10-14-9-15(18-12(14)2)11-17-8-6-13-4-5-13/h9,13,16H,3-8,10-11H2,1-2H3. The predicted molar refractivity (Wildman–Crippen MR) is 72.4 cm³/mol. The van der Waals surface area contributed by atoms with E-state index in [0.29, 0.717) is 6.61 Å². The van der Waals surface area contributed by atoms with Gasteiger partial charge >= 0.3 is 0 Å². The summed E-state index contributed by atoms with van der Waals surface area (Å²) >= 11 is 0. The molecule has 1 aromatic heterocycles. The molecule has 0 bridgehead atoms. The minimum Gasteiger partial charge on any atom is -0.464 e. The molecule has 2 rings (SSSR count). The van der Waals surface area contributed by atoms with Crippen molar-refractivity contribution in [3.05, 3.63) is 23.2 Å². The van der Waals surface area contributed by atoms with Gasteiger partial charge < -0.3 is 14.5 Å². The molecule has 1 saturated carbocycles. The molecule has 0 unspecified atom stereocenters. The second kappa shape index (κ2) is 6.95. The van der Waals surface area contributed by atoms with E-state index in [2.05, 4.69) is 18.3 Å². The highest BCUT2D eigenvalue weighted by Crippen LogP contribution is 2.32. The maximum Gasteiger partial charge on any atom is 0.130 e. The van der Waals surface area contributed by atoms with Gasteiger partial charge in [-0.3, -0.25) is 0 Å². The zero-order chi connectivity index (χ0) is 12.8. The first-order valence-electron chi connectivity index (χ1n) is 7.16. The van der Waals surface area contributed by atoms with E-state index in [0.717, 1.165) is 43.6 Å². The topological polar surface area (TPSA) is 34.4 Å². The maximum atomic E-state index is 5.70. The minimum absolute atomic E-state index is 0.612. The quantitative estimate of drug-likeness (QED) is 0.683. The van der Waals surface area contributed by atoms with Crippen LogP contribution >= 0.6 is 0 Å². The molecular weight excluding hydrogens is 226 g/mol. The SMILES string of the molecule is CCCNCc1cc(COCCC2CC2)oc1C. The Bertz CT molecular complexity index is 355. The number of hydrogen-bond acceptors (Lipinski definition) is 3. The van der Waals surface area contributed by atoms with Crippen LogP contribution in [0.5, 0.6) is 0 Å². The molecule has 1 heterocycles. The first kappa shape index (κ1) is 13.6. The number of nitrogens with one attached hydrogen (secondary N) is 1. The monoisotopic (exact) mass is 251 g/mol. The fourth-order valence-corrected chi connectivity index (χ4v) is 2.06. The van der Waals surface area contributed by atoms with Gasteiger partial charge in [0, 0.05) is 18.7 Å². The normalized spacial score (nSPS) is 15.2. The molecule has 0 aliphatic heterocycles. The summed E-state index contributed by atoms with van der Waals surface area (Å²) in [5.74, 6) is 2.91. The first-order valence-corrected chi connectivity index (χ1v) is 7.16. The van der Waals surface area contributed by atoms with E-state index in [1.54, 1.807) is 0 Å². The second-order valence-electron chi connectivity index (χ2n) is 5.26. The van der Waals surface area contributed by atoms with Gasteiger partial charge in [-0.15, -0.1) is 0 Å². The number of ether oxygens (including phenoxy) is 1. The van der Waals surface area contributed by atoms with Gasteiger partial charge in [-0.05, 0) is 38.3 Å². The van der Waals surface area contributed by atoms with Gasteiger partial charge in [-0.25, -0.2) is 0 Å². The summed E-state index contributed by atoms with van der Waals surface area (Å²) in [6, 6.07) is 2.12. The van der Waals surface area contributed by atoms with Crippen LogP contribution in [-0.4, -0.2) is 13.2 Å². The molecule has 1 fully saturated rings. The fraction of sp³-hybridized carbons (Fsp3) is 0.733. The van der Waals surface area contributed by atoms with E-state index in [4.69, 9.17) is 9.15 Å². The molecule has 1 aliphatic carbocycles. The third-order valence-corrected chi connectivity index (χ3v) is 3.43. The number of hydrogen-bond donors (Lipinski definition) is 1. The van der Waals surface area contributed by atoms with Crippen molar-refractivity contribution in [1.29, 1.82) is 0 Å². The number of rotatable bonds is 9. The van der Waals surface area contributed by atoms with Gasteiger partial charge in [0.15, 0.2) is 0 Å². The zero-order valence-electron chi connectivity index (χ0n) is 11.6. The van der Waals surface area contributed by atoms with Gasteiger partial charge in [0.2, 0.25) is 0 Å². The van der Waals surface area contributed by atoms with Crippen LogP contribution in [0.3, 0.4) is 0 Å². The second-order valence-corrected chi connectivity index (χ2v) is 5.26. The molecule has 3 heteroatoms. The lowest BCUT2D eigenvalue weighted by atomic mass is 10.2. The Balaban J connectivity index is 1.68. The molecule has 3 nitrogen and oxygen atoms in total. The summed E-state index contributed by atoms with van der Waals surface area (Å²) in [5, 5.41) is 3.40. The van der Waals surface area contributed by atoms with Crippen LogP contribution in [0.2, 0.25) is 0 Å². The highest BCUT2D eigenvalue weighted by Gasteiger charge is 2.20. The molecule has 102 valence electrons. The minimum atomic E-state index is 0.612. The summed E-state index contributed by atoms with van der Waals surface area (Å²) in [6.07, 6.45) is 5.17. The smallest absolute Gasteiger partial charge is 0.130 e. The lowest BCUT2D eigenvalue weighted by Crippen LogP contribution is -2.13. The van der Waals surface area contributed by atoms with Crippen molar-refractivity contribution >= 4 is 0 Å². The van der Waals surface area contributed by atoms with Gasteiger partial charge in [0.05, 0.1) is 0 Å². The summed E-state index contributed by atoms with van der Waals surface area (Å²) in [4.78, 5) is 0. The predicted octanol–water partition coefficient (Wildman–Crippen LogP) is 3.40. The third kappa shape index (κ3) is 4.46.